The average molecular weight is 451 g/mol. The topological polar surface area (TPSA) is 84.7 Å². The number of hydrogen-bond acceptors (Lipinski definition) is 5. The number of ether oxygens (including phenoxy) is 1. The number of carbonyl (C=O) groups is 1. The molecule has 7 nitrogen and oxygen atoms in total. The summed E-state index contributed by atoms with van der Waals surface area (Å²) in [4.78, 5) is 30.7. The van der Waals surface area contributed by atoms with Crippen LogP contribution in [0, 0.1) is 12.7 Å². The number of carboxylic acid groups (broad SMARTS) is 1. The minimum Gasteiger partial charge on any atom is -0.477 e. The molecule has 1 saturated carbocycles. The van der Waals surface area contributed by atoms with E-state index in [9.17, 15) is 14.7 Å². The highest BCUT2D eigenvalue weighted by molar-refractivity contribution is 5.93. The van der Waals surface area contributed by atoms with Crippen molar-refractivity contribution in [3.05, 3.63) is 63.8 Å². The predicted octanol–water partition coefficient (Wildman–Crippen LogP) is 4.10. The molecule has 1 aromatic carbocycles. The third-order valence-electron chi connectivity index (χ3n) is 6.92. The zero-order valence-electron chi connectivity index (χ0n) is 18.7. The Bertz CT molecular complexity index is 1310. The molecule has 8 heteroatoms. The third-order valence-corrected chi connectivity index (χ3v) is 6.92. The molecule has 0 unspecified atom stereocenters. The number of aryl methyl sites for hydroxylation is 1. The minimum atomic E-state index is -1.30. The summed E-state index contributed by atoms with van der Waals surface area (Å²) in [7, 11) is 0. The van der Waals surface area contributed by atoms with Crippen LogP contribution in [0.15, 0.2) is 41.5 Å². The Kier molecular flexibility index (Phi) is 5.11. The second kappa shape index (κ2) is 7.86. The van der Waals surface area contributed by atoms with Crippen LogP contribution < -0.4 is 15.1 Å². The van der Waals surface area contributed by atoms with Crippen LogP contribution in [0.5, 0.6) is 5.88 Å². The molecule has 0 spiro atoms. The molecule has 2 aliphatic rings. The fraction of sp³-hybridized carbons (Fsp3) is 0.400. The highest BCUT2D eigenvalue weighted by Gasteiger charge is 2.40. The van der Waals surface area contributed by atoms with E-state index in [-0.39, 0.29) is 22.5 Å². The molecule has 33 heavy (non-hydrogen) atoms. The van der Waals surface area contributed by atoms with E-state index in [1.807, 2.05) is 35.4 Å². The first kappa shape index (κ1) is 21.4. The van der Waals surface area contributed by atoms with Crippen LogP contribution >= 0.6 is 0 Å². The van der Waals surface area contributed by atoms with Crippen molar-refractivity contribution in [3.63, 3.8) is 0 Å². The molecule has 172 valence electrons. The molecule has 1 aliphatic heterocycles. The second-order valence-electron chi connectivity index (χ2n) is 9.29. The van der Waals surface area contributed by atoms with Gasteiger partial charge in [0.1, 0.15) is 18.0 Å². The van der Waals surface area contributed by atoms with E-state index >= 15 is 4.39 Å². The molecule has 0 amide bonds. The fourth-order valence-corrected chi connectivity index (χ4v) is 4.70. The Morgan fingerprint density at radius 2 is 2.15 bits per heavy atom. The molecule has 1 saturated heterocycles. The van der Waals surface area contributed by atoms with Gasteiger partial charge in [0.15, 0.2) is 0 Å². The maximum Gasteiger partial charge on any atom is 0.341 e. The smallest absolute Gasteiger partial charge is 0.341 e. The lowest BCUT2D eigenvalue weighted by molar-refractivity contribution is 0.0694. The van der Waals surface area contributed by atoms with Crippen LogP contribution in [-0.4, -0.2) is 39.8 Å². The lowest BCUT2D eigenvalue weighted by Gasteiger charge is -2.28. The van der Waals surface area contributed by atoms with Gasteiger partial charge >= 0.3 is 5.97 Å². The average Bonchev–Trinajstić information content (AvgIpc) is 3.36. The van der Waals surface area contributed by atoms with E-state index in [1.165, 1.54) is 12.3 Å². The van der Waals surface area contributed by atoms with Crippen LogP contribution in [0.3, 0.4) is 0 Å². The van der Waals surface area contributed by atoms with E-state index in [0.717, 1.165) is 31.2 Å². The number of anilines is 1. The second-order valence-corrected chi connectivity index (χ2v) is 9.29. The Hall–Kier alpha value is -3.42. The maximum absolute atomic E-state index is 15.3. The van der Waals surface area contributed by atoms with Gasteiger partial charge < -0.3 is 19.3 Å². The van der Waals surface area contributed by atoms with Crippen molar-refractivity contribution in [2.24, 2.45) is 0 Å². The first-order chi connectivity index (χ1) is 15.8. The normalized spacial score (nSPS) is 19.1. The number of rotatable bonds is 6. The van der Waals surface area contributed by atoms with Gasteiger partial charge in [-0.3, -0.25) is 4.79 Å². The number of benzene rings is 1. The van der Waals surface area contributed by atoms with E-state index in [0.29, 0.717) is 30.2 Å². The van der Waals surface area contributed by atoms with E-state index in [1.54, 1.807) is 12.3 Å². The summed E-state index contributed by atoms with van der Waals surface area (Å²) in [6.45, 7) is 5.00. The predicted molar refractivity (Wildman–Crippen MR) is 123 cm³/mol. The number of nitrogens with zero attached hydrogens (tertiary/aromatic N) is 3. The third kappa shape index (κ3) is 3.73. The Labute approximate surface area is 190 Å². The molecule has 1 aliphatic carbocycles. The lowest BCUT2D eigenvalue weighted by atomic mass is 10.1. The molecular weight excluding hydrogens is 425 g/mol. The van der Waals surface area contributed by atoms with Gasteiger partial charge in [0, 0.05) is 35.4 Å². The van der Waals surface area contributed by atoms with Crippen molar-refractivity contribution < 1.29 is 19.0 Å². The first-order valence-corrected chi connectivity index (χ1v) is 11.2. The van der Waals surface area contributed by atoms with Gasteiger partial charge in [-0.05, 0) is 57.7 Å². The highest BCUT2D eigenvalue weighted by atomic mass is 19.1. The molecular formula is C25H26FN3O4. The summed E-state index contributed by atoms with van der Waals surface area (Å²) in [6, 6.07) is 6.64. The van der Waals surface area contributed by atoms with Gasteiger partial charge in [-0.15, -0.1) is 0 Å². The largest absolute Gasteiger partial charge is 0.477 e. The lowest BCUT2D eigenvalue weighted by Crippen LogP contribution is -2.35. The summed E-state index contributed by atoms with van der Waals surface area (Å²) >= 11 is 0. The molecule has 3 heterocycles. The fourth-order valence-electron chi connectivity index (χ4n) is 4.70. The standard InChI is InChI=1S/C25H26FN3O4/c1-15-5-3-9-27-23(15)33-14-16-6-4-10-28(16)21-12-20-17(11-19(21)26)22(30)18(24(31)32)13-29(20)25(2)7-8-25/h3,5,9,11-13,16H,4,6-8,10,14H2,1-2H3,(H,31,32)/t16-/m1/s1. The summed E-state index contributed by atoms with van der Waals surface area (Å²) in [5.41, 5.74) is 0.654. The van der Waals surface area contributed by atoms with Crippen molar-refractivity contribution in [1.82, 2.24) is 9.55 Å². The Morgan fingerprint density at radius 1 is 1.36 bits per heavy atom. The van der Waals surface area contributed by atoms with Gasteiger partial charge in [0.25, 0.3) is 0 Å². The summed E-state index contributed by atoms with van der Waals surface area (Å²) in [5, 5.41) is 9.60. The number of pyridine rings is 2. The van der Waals surface area contributed by atoms with Crippen molar-refractivity contribution in [2.75, 3.05) is 18.1 Å². The highest BCUT2D eigenvalue weighted by Crippen LogP contribution is 2.45. The van der Waals surface area contributed by atoms with E-state index < -0.39 is 17.2 Å². The molecule has 1 N–H and O–H groups in total. The van der Waals surface area contributed by atoms with Crippen molar-refractivity contribution in [1.29, 1.82) is 0 Å². The van der Waals surface area contributed by atoms with E-state index in [2.05, 4.69) is 4.98 Å². The Morgan fingerprint density at radius 3 is 2.85 bits per heavy atom. The number of aromatic nitrogens is 2. The first-order valence-electron chi connectivity index (χ1n) is 11.2. The van der Waals surface area contributed by atoms with Crippen LogP contribution in [0.2, 0.25) is 0 Å². The number of aromatic carboxylic acids is 1. The van der Waals surface area contributed by atoms with Gasteiger partial charge in [-0.2, -0.15) is 0 Å². The molecule has 0 radical (unpaired) electrons. The number of hydrogen-bond donors (Lipinski definition) is 1. The van der Waals surface area contributed by atoms with Gasteiger partial charge in [-0.1, -0.05) is 6.07 Å². The summed E-state index contributed by atoms with van der Waals surface area (Å²) in [6.07, 6.45) is 6.60. The molecule has 1 atom stereocenters. The van der Waals surface area contributed by atoms with Crippen molar-refractivity contribution >= 4 is 22.6 Å². The van der Waals surface area contributed by atoms with Crippen LogP contribution in [0.4, 0.5) is 10.1 Å². The van der Waals surface area contributed by atoms with Gasteiger partial charge in [-0.25, -0.2) is 14.2 Å². The number of carboxylic acids is 1. The summed E-state index contributed by atoms with van der Waals surface area (Å²) < 4.78 is 23.1. The van der Waals surface area contributed by atoms with Crippen LogP contribution in [-0.2, 0) is 5.54 Å². The Balaban J connectivity index is 1.55. The van der Waals surface area contributed by atoms with Crippen molar-refractivity contribution in [2.45, 2.75) is 51.1 Å². The van der Waals surface area contributed by atoms with E-state index in [4.69, 9.17) is 4.74 Å². The zero-order chi connectivity index (χ0) is 23.3. The quantitative estimate of drug-likeness (QED) is 0.608. The SMILES string of the molecule is Cc1cccnc1OC[C@H]1CCCN1c1cc2c(cc1F)c(=O)c(C(=O)O)cn2C1(C)CC1. The van der Waals surface area contributed by atoms with Crippen LogP contribution in [0.25, 0.3) is 10.9 Å². The van der Waals surface area contributed by atoms with Gasteiger partial charge in [0.05, 0.1) is 17.2 Å². The van der Waals surface area contributed by atoms with Gasteiger partial charge in [0.2, 0.25) is 11.3 Å². The number of fused-ring (bicyclic) bond motifs is 1. The minimum absolute atomic E-state index is 0.0340. The zero-order valence-corrected chi connectivity index (χ0v) is 18.7. The molecule has 2 fully saturated rings. The molecule has 2 aromatic heterocycles. The maximum atomic E-state index is 15.3. The number of halogens is 1. The van der Waals surface area contributed by atoms with Crippen molar-refractivity contribution in [3.8, 4) is 5.88 Å². The molecule has 0 bridgehead atoms. The molecule has 3 aromatic rings. The summed E-state index contributed by atoms with van der Waals surface area (Å²) in [5.74, 6) is -1.26. The monoisotopic (exact) mass is 451 g/mol. The molecule has 5 rings (SSSR count). The van der Waals surface area contributed by atoms with Crippen LogP contribution in [0.1, 0.15) is 48.5 Å².